The fourth-order valence-corrected chi connectivity index (χ4v) is 5.28. The van der Waals surface area contributed by atoms with E-state index in [2.05, 4.69) is 34.6 Å². The molecule has 3 heterocycles. The molecule has 1 aromatic heterocycles. The summed E-state index contributed by atoms with van der Waals surface area (Å²) in [5.74, 6) is 1.88. The third kappa shape index (κ3) is 5.71. The van der Waals surface area contributed by atoms with Crippen molar-refractivity contribution in [3.8, 4) is 11.3 Å². The van der Waals surface area contributed by atoms with Gasteiger partial charge in [0.05, 0.1) is 6.54 Å². The molecular weight excluding hydrogens is 410 g/mol. The van der Waals surface area contributed by atoms with E-state index in [0.29, 0.717) is 18.1 Å². The zero-order valence-corrected chi connectivity index (χ0v) is 19.6. The van der Waals surface area contributed by atoms with Crippen LogP contribution in [0.15, 0.2) is 40.8 Å². The van der Waals surface area contributed by atoms with E-state index in [4.69, 9.17) is 16.0 Å². The molecule has 0 saturated carbocycles. The first kappa shape index (κ1) is 22.8. The van der Waals surface area contributed by atoms with Gasteiger partial charge in [0.1, 0.15) is 11.5 Å². The van der Waals surface area contributed by atoms with Crippen LogP contribution in [0, 0.1) is 0 Å². The Hall–Kier alpha value is -1.37. The minimum atomic E-state index is 0.251. The Morgan fingerprint density at radius 2 is 1.77 bits per heavy atom. The molecule has 2 saturated heterocycles. The number of halogens is 1. The van der Waals surface area contributed by atoms with E-state index in [0.717, 1.165) is 54.7 Å². The summed E-state index contributed by atoms with van der Waals surface area (Å²) in [7, 11) is 0. The number of nitrogens with zero attached hydrogens (tertiary/aromatic N) is 3. The van der Waals surface area contributed by atoms with Crippen LogP contribution in [0.2, 0.25) is 5.02 Å². The Balaban J connectivity index is 1.35. The molecule has 0 radical (unpaired) electrons. The average molecular weight is 446 g/mol. The van der Waals surface area contributed by atoms with Gasteiger partial charge in [0.15, 0.2) is 0 Å². The smallest absolute Gasteiger partial charge is 0.134 e. The molecular formula is C25H36ClN3O2. The molecule has 1 atom stereocenters. The Labute approximate surface area is 191 Å². The second kappa shape index (κ2) is 10.5. The van der Waals surface area contributed by atoms with Crippen LogP contribution in [0.1, 0.15) is 38.9 Å². The van der Waals surface area contributed by atoms with E-state index in [-0.39, 0.29) is 6.61 Å². The monoisotopic (exact) mass is 445 g/mol. The van der Waals surface area contributed by atoms with Crippen molar-refractivity contribution < 1.29 is 9.52 Å². The van der Waals surface area contributed by atoms with Gasteiger partial charge in [0, 0.05) is 55.0 Å². The van der Waals surface area contributed by atoms with Gasteiger partial charge in [-0.3, -0.25) is 9.80 Å². The standard InChI is InChI=1S/C25H36ClN3O2/c1-19(2)28-12-9-22(10-13-28)29-15-14-27(17-23(29)11-16-30)18-24-7-8-25(31-24)20-3-5-21(26)6-4-20/h3-8,19,22-23,30H,9-18H2,1-2H3. The van der Waals surface area contributed by atoms with Gasteiger partial charge >= 0.3 is 0 Å². The summed E-state index contributed by atoms with van der Waals surface area (Å²) in [4.78, 5) is 7.75. The lowest BCUT2D eigenvalue weighted by Gasteiger charge is -2.48. The van der Waals surface area contributed by atoms with Crippen LogP contribution in [0.3, 0.4) is 0 Å². The topological polar surface area (TPSA) is 43.1 Å². The minimum absolute atomic E-state index is 0.251. The fraction of sp³-hybridized carbons (Fsp3) is 0.600. The van der Waals surface area contributed by atoms with Crippen molar-refractivity contribution >= 4 is 11.6 Å². The average Bonchev–Trinajstić information content (AvgIpc) is 3.23. The molecule has 0 bridgehead atoms. The van der Waals surface area contributed by atoms with Gasteiger partial charge in [-0.05, 0) is 82.6 Å². The summed E-state index contributed by atoms with van der Waals surface area (Å²) in [5, 5.41) is 10.4. The predicted octanol–water partition coefficient (Wildman–Crippen LogP) is 4.34. The van der Waals surface area contributed by atoms with E-state index in [1.807, 2.05) is 30.3 Å². The first-order chi connectivity index (χ1) is 15.0. The predicted molar refractivity (Wildman–Crippen MR) is 126 cm³/mol. The van der Waals surface area contributed by atoms with Gasteiger partial charge in [0.2, 0.25) is 0 Å². The number of piperazine rings is 1. The molecule has 31 heavy (non-hydrogen) atoms. The van der Waals surface area contributed by atoms with Crippen LogP contribution < -0.4 is 0 Å². The molecule has 0 amide bonds. The van der Waals surface area contributed by atoms with Crippen LogP contribution >= 0.6 is 11.6 Å². The zero-order chi connectivity index (χ0) is 21.8. The highest BCUT2D eigenvalue weighted by Crippen LogP contribution is 2.27. The minimum Gasteiger partial charge on any atom is -0.460 e. The van der Waals surface area contributed by atoms with Gasteiger partial charge in [-0.1, -0.05) is 11.6 Å². The molecule has 2 aliphatic rings. The molecule has 5 nitrogen and oxygen atoms in total. The van der Waals surface area contributed by atoms with Gasteiger partial charge in [-0.2, -0.15) is 0 Å². The summed E-state index contributed by atoms with van der Waals surface area (Å²) < 4.78 is 6.13. The van der Waals surface area contributed by atoms with Crippen LogP contribution in [0.25, 0.3) is 11.3 Å². The summed E-state index contributed by atoms with van der Waals surface area (Å²) in [6.07, 6.45) is 3.32. The van der Waals surface area contributed by atoms with Gasteiger partial charge in [0.25, 0.3) is 0 Å². The first-order valence-corrected chi connectivity index (χ1v) is 12.1. The third-order valence-electron chi connectivity index (χ3n) is 6.94. The molecule has 6 heteroatoms. The summed E-state index contributed by atoms with van der Waals surface area (Å²) in [5.41, 5.74) is 1.05. The molecule has 1 aromatic carbocycles. The normalized spacial score (nSPS) is 22.4. The summed E-state index contributed by atoms with van der Waals surface area (Å²) in [6.45, 7) is 11.1. The third-order valence-corrected chi connectivity index (χ3v) is 7.19. The van der Waals surface area contributed by atoms with E-state index in [1.54, 1.807) is 0 Å². The van der Waals surface area contributed by atoms with Crippen LogP contribution in [-0.2, 0) is 6.54 Å². The summed E-state index contributed by atoms with van der Waals surface area (Å²) >= 11 is 6.00. The Kier molecular flexibility index (Phi) is 7.72. The molecule has 2 fully saturated rings. The number of aliphatic hydroxyl groups is 1. The quantitative estimate of drug-likeness (QED) is 0.686. The highest BCUT2D eigenvalue weighted by atomic mass is 35.5. The second-order valence-electron chi connectivity index (χ2n) is 9.27. The maximum Gasteiger partial charge on any atom is 0.134 e. The number of likely N-dealkylation sites (tertiary alicyclic amines) is 1. The molecule has 2 aromatic rings. The van der Waals surface area contributed by atoms with Crippen LogP contribution in [0.5, 0.6) is 0 Å². The molecule has 170 valence electrons. The van der Waals surface area contributed by atoms with Crippen molar-refractivity contribution in [2.45, 2.75) is 57.8 Å². The largest absolute Gasteiger partial charge is 0.460 e. The van der Waals surface area contributed by atoms with E-state index in [9.17, 15) is 5.11 Å². The Bertz CT molecular complexity index is 814. The van der Waals surface area contributed by atoms with Crippen molar-refractivity contribution in [3.63, 3.8) is 0 Å². The number of aliphatic hydroxyl groups excluding tert-OH is 1. The number of hydrogen-bond acceptors (Lipinski definition) is 5. The SMILES string of the molecule is CC(C)N1CCC(N2CCN(Cc3ccc(-c4ccc(Cl)cc4)o3)CC2CCO)CC1. The Morgan fingerprint density at radius 1 is 1.03 bits per heavy atom. The molecule has 1 N–H and O–H groups in total. The lowest BCUT2D eigenvalue weighted by atomic mass is 9.97. The first-order valence-electron chi connectivity index (χ1n) is 11.7. The number of rotatable bonds is 7. The van der Waals surface area contributed by atoms with Gasteiger partial charge in [-0.25, -0.2) is 0 Å². The van der Waals surface area contributed by atoms with Gasteiger partial charge in [-0.15, -0.1) is 0 Å². The van der Waals surface area contributed by atoms with Crippen LogP contribution in [0.4, 0.5) is 0 Å². The number of hydrogen-bond donors (Lipinski definition) is 1. The zero-order valence-electron chi connectivity index (χ0n) is 18.8. The summed E-state index contributed by atoms with van der Waals surface area (Å²) in [6, 6.07) is 13.6. The van der Waals surface area contributed by atoms with Crippen molar-refractivity contribution in [2.24, 2.45) is 0 Å². The van der Waals surface area contributed by atoms with Gasteiger partial charge < -0.3 is 14.4 Å². The van der Waals surface area contributed by atoms with Crippen molar-refractivity contribution in [1.82, 2.24) is 14.7 Å². The van der Waals surface area contributed by atoms with Crippen molar-refractivity contribution in [3.05, 3.63) is 47.2 Å². The molecule has 0 aliphatic carbocycles. The molecule has 1 unspecified atom stereocenters. The van der Waals surface area contributed by atoms with Crippen LogP contribution in [-0.4, -0.2) is 77.3 Å². The Morgan fingerprint density at radius 3 is 2.45 bits per heavy atom. The molecule has 0 spiro atoms. The van der Waals surface area contributed by atoms with Crippen molar-refractivity contribution in [1.29, 1.82) is 0 Å². The number of furan rings is 1. The fourth-order valence-electron chi connectivity index (χ4n) is 5.15. The lowest BCUT2D eigenvalue weighted by molar-refractivity contribution is -0.00156. The van der Waals surface area contributed by atoms with E-state index >= 15 is 0 Å². The molecule has 2 aliphatic heterocycles. The van der Waals surface area contributed by atoms with E-state index < -0.39 is 0 Å². The maximum absolute atomic E-state index is 9.69. The number of piperidine rings is 1. The number of benzene rings is 1. The van der Waals surface area contributed by atoms with Crippen molar-refractivity contribution in [2.75, 3.05) is 39.3 Å². The van der Waals surface area contributed by atoms with E-state index in [1.165, 1.54) is 25.9 Å². The second-order valence-corrected chi connectivity index (χ2v) is 9.71. The highest BCUT2D eigenvalue weighted by molar-refractivity contribution is 6.30. The maximum atomic E-state index is 9.69. The lowest BCUT2D eigenvalue weighted by Crippen LogP contribution is -2.58. The molecule has 4 rings (SSSR count). The highest BCUT2D eigenvalue weighted by Gasteiger charge is 2.34.